The van der Waals surface area contributed by atoms with Crippen LogP contribution in [-0.2, 0) is 6.54 Å². The van der Waals surface area contributed by atoms with Gasteiger partial charge in [-0.3, -0.25) is 9.88 Å². The lowest BCUT2D eigenvalue weighted by molar-refractivity contribution is 0.0696. The lowest BCUT2D eigenvalue weighted by Gasteiger charge is -2.38. The Hall–Kier alpha value is -1.42. The highest BCUT2D eigenvalue weighted by Gasteiger charge is 2.28. The highest BCUT2D eigenvalue weighted by Crippen LogP contribution is 2.36. The minimum atomic E-state index is -0.924. The van der Waals surface area contributed by atoms with Crippen LogP contribution in [-0.4, -0.2) is 34.0 Å². The summed E-state index contributed by atoms with van der Waals surface area (Å²) in [7, 11) is 2.13. The third kappa shape index (κ3) is 3.79. The van der Waals surface area contributed by atoms with Crippen LogP contribution in [0.4, 0.5) is 0 Å². The molecule has 1 aliphatic carbocycles. The maximum atomic E-state index is 10.8. The predicted molar refractivity (Wildman–Crippen MR) is 78.7 cm³/mol. The Balaban J connectivity index is 1.91. The molecule has 0 atom stereocenters. The smallest absolute Gasteiger partial charge is 0.337 e. The molecule has 1 aromatic heterocycles. The Labute approximate surface area is 120 Å². The molecule has 1 fully saturated rings. The van der Waals surface area contributed by atoms with E-state index in [0.29, 0.717) is 11.5 Å². The number of aromatic nitrogens is 1. The summed E-state index contributed by atoms with van der Waals surface area (Å²) in [4.78, 5) is 17.4. The maximum absolute atomic E-state index is 10.8. The first-order valence-corrected chi connectivity index (χ1v) is 7.26. The number of aromatic carboxylic acids is 1. The minimum absolute atomic E-state index is 0.246. The molecule has 110 valence electrons. The van der Waals surface area contributed by atoms with Crippen molar-refractivity contribution in [3.05, 3.63) is 29.6 Å². The lowest BCUT2D eigenvalue weighted by Crippen LogP contribution is -2.36. The van der Waals surface area contributed by atoms with Gasteiger partial charge in [-0.1, -0.05) is 13.8 Å². The van der Waals surface area contributed by atoms with Gasteiger partial charge < -0.3 is 5.11 Å². The fourth-order valence-electron chi connectivity index (χ4n) is 2.85. The van der Waals surface area contributed by atoms with Gasteiger partial charge in [-0.2, -0.15) is 0 Å². The first kappa shape index (κ1) is 15.0. The summed E-state index contributed by atoms with van der Waals surface area (Å²) in [6.07, 6.45) is 6.45. The summed E-state index contributed by atoms with van der Waals surface area (Å²) in [5.41, 5.74) is 1.66. The molecule has 0 spiro atoms. The van der Waals surface area contributed by atoms with Gasteiger partial charge in [-0.05, 0) is 50.3 Å². The monoisotopic (exact) mass is 276 g/mol. The zero-order chi connectivity index (χ0) is 14.8. The van der Waals surface area contributed by atoms with Crippen molar-refractivity contribution in [3.8, 4) is 0 Å². The van der Waals surface area contributed by atoms with Gasteiger partial charge >= 0.3 is 5.97 Å². The topological polar surface area (TPSA) is 53.4 Å². The van der Waals surface area contributed by atoms with Gasteiger partial charge in [-0.25, -0.2) is 4.79 Å². The van der Waals surface area contributed by atoms with Gasteiger partial charge in [-0.15, -0.1) is 0 Å². The van der Waals surface area contributed by atoms with Gasteiger partial charge in [0, 0.05) is 18.8 Å². The average Bonchev–Trinajstić information content (AvgIpc) is 2.39. The van der Waals surface area contributed by atoms with Crippen LogP contribution in [0.5, 0.6) is 0 Å². The van der Waals surface area contributed by atoms with Crippen molar-refractivity contribution in [2.45, 2.75) is 52.1 Å². The molecular formula is C16H24N2O2. The SMILES string of the molecule is CN(Cc1ccc(C(=O)O)cn1)C1CCC(C)(C)CC1. The average molecular weight is 276 g/mol. The standard InChI is InChI=1S/C16H24N2O2/c1-16(2)8-6-14(7-9-16)18(3)11-13-5-4-12(10-17-13)15(19)20/h4-5,10,14H,6-9,11H2,1-3H3,(H,19,20). The maximum Gasteiger partial charge on any atom is 0.337 e. The summed E-state index contributed by atoms with van der Waals surface area (Å²) in [6, 6.07) is 4.05. The molecule has 0 amide bonds. The molecule has 20 heavy (non-hydrogen) atoms. The van der Waals surface area contributed by atoms with Crippen molar-refractivity contribution in [3.63, 3.8) is 0 Å². The van der Waals surface area contributed by atoms with Crippen LogP contribution in [0, 0.1) is 5.41 Å². The summed E-state index contributed by atoms with van der Waals surface area (Å²) >= 11 is 0. The number of hydrogen-bond acceptors (Lipinski definition) is 3. The zero-order valence-electron chi connectivity index (χ0n) is 12.6. The molecule has 1 saturated carbocycles. The molecule has 1 aliphatic rings. The van der Waals surface area contributed by atoms with Crippen molar-refractivity contribution in [1.29, 1.82) is 0 Å². The van der Waals surface area contributed by atoms with Crippen molar-refractivity contribution >= 4 is 5.97 Å². The normalized spacial score (nSPS) is 19.2. The van der Waals surface area contributed by atoms with Gasteiger partial charge in [0.1, 0.15) is 0 Å². The van der Waals surface area contributed by atoms with Gasteiger partial charge in [0.25, 0.3) is 0 Å². The number of rotatable bonds is 4. The van der Waals surface area contributed by atoms with Gasteiger partial charge in [0.15, 0.2) is 0 Å². The lowest BCUT2D eigenvalue weighted by atomic mass is 9.75. The van der Waals surface area contributed by atoms with E-state index >= 15 is 0 Å². The van der Waals surface area contributed by atoms with Crippen molar-refractivity contribution in [1.82, 2.24) is 9.88 Å². The fraction of sp³-hybridized carbons (Fsp3) is 0.625. The van der Waals surface area contributed by atoms with Crippen molar-refractivity contribution < 1.29 is 9.90 Å². The molecule has 4 nitrogen and oxygen atoms in total. The Morgan fingerprint density at radius 3 is 2.55 bits per heavy atom. The molecular weight excluding hydrogens is 252 g/mol. The molecule has 1 aromatic rings. The van der Waals surface area contributed by atoms with E-state index in [2.05, 4.69) is 30.8 Å². The molecule has 0 bridgehead atoms. The fourth-order valence-corrected chi connectivity index (χ4v) is 2.85. The van der Waals surface area contributed by atoms with Crippen LogP contribution in [0.1, 0.15) is 55.6 Å². The van der Waals surface area contributed by atoms with E-state index in [1.54, 1.807) is 6.07 Å². The molecule has 0 unspecified atom stereocenters. The first-order valence-electron chi connectivity index (χ1n) is 7.26. The van der Waals surface area contributed by atoms with Crippen LogP contribution < -0.4 is 0 Å². The molecule has 0 radical (unpaired) electrons. The summed E-state index contributed by atoms with van der Waals surface area (Å²) < 4.78 is 0. The van der Waals surface area contributed by atoms with E-state index < -0.39 is 5.97 Å². The van der Waals surface area contributed by atoms with Crippen LogP contribution in [0.25, 0.3) is 0 Å². The number of pyridine rings is 1. The summed E-state index contributed by atoms with van der Waals surface area (Å²) in [5.74, 6) is -0.924. The number of carbonyl (C=O) groups is 1. The molecule has 4 heteroatoms. The Bertz CT molecular complexity index is 458. The van der Waals surface area contributed by atoms with E-state index in [1.165, 1.54) is 31.9 Å². The second kappa shape index (κ2) is 5.92. The summed E-state index contributed by atoms with van der Waals surface area (Å²) in [5, 5.41) is 8.86. The second-order valence-electron chi connectivity index (χ2n) is 6.65. The zero-order valence-corrected chi connectivity index (χ0v) is 12.6. The van der Waals surface area contributed by atoms with E-state index in [9.17, 15) is 4.79 Å². The Kier molecular flexibility index (Phi) is 4.43. The number of carboxylic acid groups (broad SMARTS) is 1. The van der Waals surface area contributed by atoms with Crippen LogP contribution in [0.15, 0.2) is 18.3 Å². The predicted octanol–water partition coefficient (Wildman–Crippen LogP) is 3.18. The first-order chi connectivity index (χ1) is 9.37. The van der Waals surface area contributed by atoms with E-state index in [1.807, 2.05) is 6.07 Å². The molecule has 1 N–H and O–H groups in total. The van der Waals surface area contributed by atoms with Crippen molar-refractivity contribution in [2.24, 2.45) is 5.41 Å². The number of carboxylic acids is 1. The molecule has 0 aromatic carbocycles. The Morgan fingerprint density at radius 1 is 1.40 bits per heavy atom. The third-order valence-corrected chi connectivity index (χ3v) is 4.42. The number of hydrogen-bond donors (Lipinski definition) is 1. The molecule has 0 aliphatic heterocycles. The summed E-state index contributed by atoms with van der Waals surface area (Å²) in [6.45, 7) is 5.47. The number of nitrogens with zero attached hydrogens (tertiary/aromatic N) is 2. The second-order valence-corrected chi connectivity index (χ2v) is 6.65. The van der Waals surface area contributed by atoms with Crippen LogP contribution in [0.2, 0.25) is 0 Å². The van der Waals surface area contributed by atoms with E-state index in [4.69, 9.17) is 5.11 Å². The van der Waals surface area contributed by atoms with Crippen LogP contribution >= 0.6 is 0 Å². The highest BCUT2D eigenvalue weighted by atomic mass is 16.4. The molecule has 2 rings (SSSR count). The highest BCUT2D eigenvalue weighted by molar-refractivity contribution is 5.87. The third-order valence-electron chi connectivity index (χ3n) is 4.42. The van der Waals surface area contributed by atoms with Crippen LogP contribution in [0.3, 0.4) is 0 Å². The minimum Gasteiger partial charge on any atom is -0.478 e. The van der Waals surface area contributed by atoms with E-state index in [0.717, 1.165) is 12.2 Å². The van der Waals surface area contributed by atoms with Crippen molar-refractivity contribution in [2.75, 3.05) is 7.05 Å². The molecule has 0 saturated heterocycles. The quantitative estimate of drug-likeness (QED) is 0.917. The largest absolute Gasteiger partial charge is 0.478 e. The Morgan fingerprint density at radius 2 is 2.05 bits per heavy atom. The van der Waals surface area contributed by atoms with Gasteiger partial charge in [0.05, 0.1) is 11.3 Å². The molecule has 1 heterocycles. The van der Waals surface area contributed by atoms with E-state index in [-0.39, 0.29) is 5.56 Å². The van der Waals surface area contributed by atoms with Gasteiger partial charge in [0.2, 0.25) is 0 Å².